The third-order valence-electron chi connectivity index (χ3n) is 3.46. The summed E-state index contributed by atoms with van der Waals surface area (Å²) >= 11 is 0. The zero-order valence-electron chi connectivity index (χ0n) is 13.5. The van der Waals surface area contributed by atoms with E-state index in [1.54, 1.807) is 0 Å². The van der Waals surface area contributed by atoms with Crippen molar-refractivity contribution in [3.8, 4) is 0 Å². The Morgan fingerprint density at radius 3 is 2.58 bits per heavy atom. The normalized spacial score (nSPS) is 11.2. The molecule has 1 heterocycles. The summed E-state index contributed by atoms with van der Waals surface area (Å²) in [5.74, 6) is -1.17. The molecule has 0 atom stereocenters. The van der Waals surface area contributed by atoms with Crippen molar-refractivity contribution >= 4 is 17.6 Å². The number of nitrogen functional groups attached to an aromatic ring is 1. The summed E-state index contributed by atoms with van der Waals surface area (Å²) in [5.41, 5.74) is 10.6. The van der Waals surface area contributed by atoms with Gasteiger partial charge in [-0.05, 0) is 24.1 Å². The number of nitrogens with zero attached hydrogens (tertiary/aromatic N) is 1. The number of amides is 2. The quantitative estimate of drug-likeness (QED) is 0.725. The predicted molar refractivity (Wildman–Crippen MR) is 88.5 cm³/mol. The highest BCUT2D eigenvalue weighted by Gasteiger charge is 2.30. The van der Waals surface area contributed by atoms with Crippen molar-refractivity contribution in [3.05, 3.63) is 65.2 Å². The van der Waals surface area contributed by atoms with Crippen molar-refractivity contribution in [1.29, 1.82) is 0 Å². The Morgan fingerprint density at radius 1 is 1.19 bits per heavy atom. The van der Waals surface area contributed by atoms with Crippen LogP contribution in [0.4, 0.5) is 19.0 Å². The fraction of sp³-hybridized carbons (Fsp3) is 0.176. The van der Waals surface area contributed by atoms with E-state index in [1.807, 2.05) is 0 Å². The van der Waals surface area contributed by atoms with Gasteiger partial charge in [-0.2, -0.15) is 13.2 Å². The molecule has 0 aliphatic carbocycles. The Hall–Kier alpha value is -3.10. The number of pyridine rings is 1. The van der Waals surface area contributed by atoms with E-state index in [0.29, 0.717) is 11.1 Å². The van der Waals surface area contributed by atoms with Gasteiger partial charge in [-0.25, -0.2) is 4.98 Å². The Balaban J connectivity index is 1.93. The number of carbonyl (C=O) groups is 2. The van der Waals surface area contributed by atoms with Gasteiger partial charge in [-0.3, -0.25) is 9.59 Å². The van der Waals surface area contributed by atoms with Crippen LogP contribution in [0.5, 0.6) is 0 Å². The molecule has 0 saturated carbocycles. The lowest BCUT2D eigenvalue weighted by atomic mass is 10.1. The second-order valence-corrected chi connectivity index (χ2v) is 5.43. The first-order valence-electron chi connectivity index (χ1n) is 7.49. The number of aromatic nitrogens is 1. The zero-order chi connectivity index (χ0) is 19.3. The standard InChI is InChI=1S/C17H16F3N4O2/c18-17(19,20)12-3-1-2-10(8-12)4-7-14(25)23-9-11-5-6-13(21)24-15(11)16(22)26/h1-3,5-8H,4,9H2,(H2,21,24)(H2,22,26)(H,23,25). The Bertz CT molecular complexity index is 822. The van der Waals surface area contributed by atoms with E-state index in [-0.39, 0.29) is 24.5 Å². The number of carbonyl (C=O) groups excluding carboxylic acids is 2. The maximum Gasteiger partial charge on any atom is 0.416 e. The number of rotatable bonds is 6. The number of nitrogens with one attached hydrogen (secondary N) is 1. The molecule has 0 spiro atoms. The van der Waals surface area contributed by atoms with Crippen LogP contribution >= 0.6 is 0 Å². The number of halogens is 3. The highest BCUT2D eigenvalue weighted by molar-refractivity contribution is 5.93. The van der Waals surface area contributed by atoms with Crippen LogP contribution in [0.3, 0.4) is 0 Å². The topological polar surface area (TPSA) is 111 Å². The summed E-state index contributed by atoms with van der Waals surface area (Å²) in [6.07, 6.45) is -3.20. The van der Waals surface area contributed by atoms with Crippen LogP contribution in [0.1, 0.15) is 27.2 Å². The summed E-state index contributed by atoms with van der Waals surface area (Å²) in [4.78, 5) is 27.0. The van der Waals surface area contributed by atoms with Crippen LogP contribution < -0.4 is 16.8 Å². The van der Waals surface area contributed by atoms with Gasteiger partial charge in [0.1, 0.15) is 11.5 Å². The maximum absolute atomic E-state index is 12.7. The van der Waals surface area contributed by atoms with Gasteiger partial charge in [0.15, 0.2) is 0 Å². The molecular weight excluding hydrogens is 349 g/mol. The first-order valence-corrected chi connectivity index (χ1v) is 7.49. The molecule has 0 aliphatic heterocycles. The average molecular weight is 365 g/mol. The van der Waals surface area contributed by atoms with E-state index in [2.05, 4.69) is 10.3 Å². The second kappa shape index (κ2) is 7.85. The molecule has 0 saturated heterocycles. The van der Waals surface area contributed by atoms with Gasteiger partial charge in [-0.1, -0.05) is 24.3 Å². The van der Waals surface area contributed by atoms with Crippen molar-refractivity contribution in [2.75, 3.05) is 5.73 Å². The third kappa shape index (κ3) is 5.20. The lowest BCUT2D eigenvalue weighted by Gasteiger charge is -2.10. The molecule has 0 fully saturated rings. The first kappa shape index (κ1) is 19.2. The summed E-state index contributed by atoms with van der Waals surface area (Å²) in [5, 5.41) is 2.52. The minimum atomic E-state index is -4.44. The molecule has 5 N–H and O–H groups in total. The minimum absolute atomic E-state index is 0.0243. The molecule has 2 aromatic rings. The molecule has 1 radical (unpaired) electrons. The number of benzene rings is 1. The molecule has 137 valence electrons. The van der Waals surface area contributed by atoms with Gasteiger partial charge in [0, 0.05) is 12.1 Å². The average Bonchev–Trinajstić information content (AvgIpc) is 2.58. The van der Waals surface area contributed by atoms with Crippen LogP contribution in [0.25, 0.3) is 0 Å². The number of alkyl halides is 3. The van der Waals surface area contributed by atoms with Crippen LogP contribution in [-0.2, 0) is 23.9 Å². The van der Waals surface area contributed by atoms with E-state index in [1.165, 1.54) is 30.7 Å². The lowest BCUT2D eigenvalue weighted by Crippen LogP contribution is -2.26. The first-order chi connectivity index (χ1) is 12.2. The fourth-order valence-corrected chi connectivity index (χ4v) is 2.20. The fourth-order valence-electron chi connectivity index (χ4n) is 2.20. The Kier molecular flexibility index (Phi) is 5.81. The van der Waals surface area contributed by atoms with E-state index < -0.39 is 23.6 Å². The third-order valence-corrected chi connectivity index (χ3v) is 3.46. The van der Waals surface area contributed by atoms with Gasteiger partial charge >= 0.3 is 6.18 Å². The minimum Gasteiger partial charge on any atom is -0.384 e. The number of primary amides is 1. The Morgan fingerprint density at radius 2 is 1.92 bits per heavy atom. The highest BCUT2D eigenvalue weighted by atomic mass is 19.4. The van der Waals surface area contributed by atoms with Crippen LogP contribution in [0.15, 0.2) is 36.4 Å². The second-order valence-electron chi connectivity index (χ2n) is 5.43. The lowest BCUT2D eigenvalue weighted by molar-refractivity contribution is -0.137. The number of hydrogen-bond acceptors (Lipinski definition) is 4. The van der Waals surface area contributed by atoms with Crippen molar-refractivity contribution in [2.45, 2.75) is 19.1 Å². The van der Waals surface area contributed by atoms with E-state index in [9.17, 15) is 22.8 Å². The molecular formula is C17H16F3N4O2. The van der Waals surface area contributed by atoms with E-state index in [4.69, 9.17) is 11.5 Å². The largest absolute Gasteiger partial charge is 0.416 e. The number of anilines is 1. The van der Waals surface area contributed by atoms with Gasteiger partial charge in [0.05, 0.1) is 12.0 Å². The van der Waals surface area contributed by atoms with Crippen molar-refractivity contribution in [2.24, 2.45) is 5.73 Å². The van der Waals surface area contributed by atoms with E-state index in [0.717, 1.165) is 12.1 Å². The zero-order valence-corrected chi connectivity index (χ0v) is 13.5. The number of nitrogens with two attached hydrogens (primary N) is 2. The summed E-state index contributed by atoms with van der Waals surface area (Å²) in [6, 6.07) is 7.69. The molecule has 1 aromatic carbocycles. The van der Waals surface area contributed by atoms with Gasteiger partial charge < -0.3 is 16.8 Å². The van der Waals surface area contributed by atoms with Gasteiger partial charge in [-0.15, -0.1) is 0 Å². The van der Waals surface area contributed by atoms with Crippen LogP contribution in [-0.4, -0.2) is 16.8 Å². The summed E-state index contributed by atoms with van der Waals surface area (Å²) < 4.78 is 38.0. The molecule has 6 nitrogen and oxygen atoms in total. The molecule has 26 heavy (non-hydrogen) atoms. The molecule has 0 unspecified atom stereocenters. The van der Waals surface area contributed by atoms with Gasteiger partial charge in [0.25, 0.3) is 5.91 Å². The molecule has 1 aromatic heterocycles. The SMILES string of the molecule is NC(=O)c1nc(N)ccc1CNC(=O)[CH]Cc1cccc(C(F)(F)F)c1. The molecule has 2 rings (SSSR count). The maximum atomic E-state index is 12.7. The smallest absolute Gasteiger partial charge is 0.384 e. The predicted octanol–water partition coefficient (Wildman–Crippen LogP) is 1.84. The van der Waals surface area contributed by atoms with Crippen molar-refractivity contribution < 1.29 is 22.8 Å². The van der Waals surface area contributed by atoms with Crippen molar-refractivity contribution in [1.82, 2.24) is 10.3 Å². The monoisotopic (exact) mass is 365 g/mol. The Labute approximate surface area is 147 Å². The highest BCUT2D eigenvalue weighted by Crippen LogP contribution is 2.29. The summed E-state index contributed by atoms with van der Waals surface area (Å²) in [7, 11) is 0. The molecule has 0 aliphatic rings. The molecule has 9 heteroatoms. The van der Waals surface area contributed by atoms with Gasteiger partial charge in [0.2, 0.25) is 5.91 Å². The summed E-state index contributed by atoms with van der Waals surface area (Å²) in [6.45, 7) is -0.0243. The van der Waals surface area contributed by atoms with Crippen LogP contribution in [0, 0.1) is 6.42 Å². The van der Waals surface area contributed by atoms with E-state index >= 15 is 0 Å². The molecule has 0 bridgehead atoms. The molecule has 2 amide bonds. The van der Waals surface area contributed by atoms with Crippen molar-refractivity contribution in [3.63, 3.8) is 0 Å². The van der Waals surface area contributed by atoms with Crippen LogP contribution in [0.2, 0.25) is 0 Å². The number of hydrogen-bond donors (Lipinski definition) is 3.